The van der Waals surface area contributed by atoms with Crippen LogP contribution in [0.15, 0.2) is 0 Å². The summed E-state index contributed by atoms with van der Waals surface area (Å²) in [5, 5.41) is 9.89. The molecule has 2 fully saturated rings. The van der Waals surface area contributed by atoms with Crippen molar-refractivity contribution in [3.8, 4) is 0 Å². The molecule has 23 heavy (non-hydrogen) atoms. The molecule has 3 rings (SSSR count). The maximum absolute atomic E-state index is 12.5. The van der Waals surface area contributed by atoms with Crippen molar-refractivity contribution in [3.63, 3.8) is 0 Å². The molecular weight excluding hydrogens is 292 g/mol. The normalized spacial score (nSPS) is 28.2. The minimum absolute atomic E-state index is 0.0716. The number of anilines is 1. The lowest BCUT2D eigenvalue weighted by molar-refractivity contribution is -0.130. The van der Waals surface area contributed by atoms with Crippen LogP contribution in [-0.4, -0.2) is 39.5 Å². The molecule has 1 aromatic heterocycles. The average molecular weight is 318 g/mol. The van der Waals surface area contributed by atoms with Crippen molar-refractivity contribution < 1.29 is 9.59 Å². The van der Waals surface area contributed by atoms with Gasteiger partial charge in [-0.15, -0.1) is 0 Å². The van der Waals surface area contributed by atoms with E-state index >= 15 is 0 Å². The first kappa shape index (κ1) is 16.0. The number of carbonyl (C=O) groups is 2. The maximum Gasteiger partial charge on any atom is 0.229 e. The molecule has 1 aliphatic heterocycles. The number of rotatable bonds is 3. The molecule has 126 valence electrons. The summed E-state index contributed by atoms with van der Waals surface area (Å²) in [6.45, 7) is 6.56. The third-order valence-electron chi connectivity index (χ3n) is 5.33. The van der Waals surface area contributed by atoms with Crippen LogP contribution in [-0.2, 0) is 9.59 Å². The molecule has 0 spiro atoms. The Balaban J connectivity index is 1.62. The van der Waals surface area contributed by atoms with Gasteiger partial charge in [0.1, 0.15) is 0 Å². The second-order valence-corrected chi connectivity index (χ2v) is 7.16. The van der Waals surface area contributed by atoms with Crippen molar-refractivity contribution in [2.75, 3.05) is 11.9 Å². The predicted molar refractivity (Wildman–Crippen MR) is 87.9 cm³/mol. The minimum Gasteiger partial charge on any atom is -0.339 e. The zero-order valence-electron chi connectivity index (χ0n) is 14.2. The Morgan fingerprint density at radius 2 is 1.96 bits per heavy atom. The first-order valence-corrected chi connectivity index (χ1v) is 8.57. The topological polar surface area (TPSA) is 78.1 Å². The fraction of sp³-hybridized carbons (Fsp3) is 0.706. The standard InChI is InChI=1S/C17H26N4O2/c1-10-4-6-14(7-5-10)21-9-13(8-15(21)22)17(23)18-16-11(2)19-20-12(16)3/h10,13-14H,4-9H2,1-3H3,(H,18,23)(H,19,20)/t10?,13-,14?/m0/s1. The number of nitrogens with zero attached hydrogens (tertiary/aromatic N) is 2. The Hall–Kier alpha value is -1.85. The lowest BCUT2D eigenvalue weighted by Crippen LogP contribution is -2.39. The van der Waals surface area contributed by atoms with E-state index in [-0.39, 0.29) is 17.7 Å². The van der Waals surface area contributed by atoms with Gasteiger partial charge in [0.2, 0.25) is 11.8 Å². The molecule has 1 saturated heterocycles. The van der Waals surface area contributed by atoms with E-state index in [0.717, 1.165) is 35.8 Å². The van der Waals surface area contributed by atoms with Crippen molar-refractivity contribution in [1.82, 2.24) is 15.1 Å². The number of carbonyl (C=O) groups excluding carboxylic acids is 2. The quantitative estimate of drug-likeness (QED) is 0.898. The van der Waals surface area contributed by atoms with Crippen molar-refractivity contribution in [3.05, 3.63) is 11.4 Å². The number of amides is 2. The summed E-state index contributed by atoms with van der Waals surface area (Å²) in [5.41, 5.74) is 2.36. The van der Waals surface area contributed by atoms with Crippen LogP contribution in [0.25, 0.3) is 0 Å². The summed E-state index contributed by atoms with van der Waals surface area (Å²) >= 11 is 0. The molecule has 2 heterocycles. The van der Waals surface area contributed by atoms with E-state index in [1.165, 1.54) is 12.8 Å². The summed E-state index contributed by atoms with van der Waals surface area (Å²) in [7, 11) is 0. The number of aryl methyl sites for hydroxylation is 2. The highest BCUT2D eigenvalue weighted by atomic mass is 16.2. The van der Waals surface area contributed by atoms with Crippen molar-refractivity contribution >= 4 is 17.5 Å². The molecule has 0 radical (unpaired) electrons. The van der Waals surface area contributed by atoms with Gasteiger partial charge in [-0.05, 0) is 45.4 Å². The van der Waals surface area contributed by atoms with Crippen LogP contribution in [0.3, 0.4) is 0 Å². The van der Waals surface area contributed by atoms with E-state index in [2.05, 4.69) is 22.4 Å². The molecule has 1 saturated carbocycles. The Kier molecular flexibility index (Phi) is 4.41. The molecule has 0 bridgehead atoms. The van der Waals surface area contributed by atoms with Gasteiger partial charge in [-0.3, -0.25) is 14.7 Å². The average Bonchev–Trinajstić information content (AvgIpc) is 3.05. The van der Waals surface area contributed by atoms with Crippen molar-refractivity contribution in [2.24, 2.45) is 11.8 Å². The van der Waals surface area contributed by atoms with Crippen LogP contribution in [0.4, 0.5) is 5.69 Å². The number of hydrogen-bond acceptors (Lipinski definition) is 3. The van der Waals surface area contributed by atoms with E-state index < -0.39 is 0 Å². The summed E-state index contributed by atoms with van der Waals surface area (Å²) in [5.74, 6) is 0.564. The van der Waals surface area contributed by atoms with Crippen LogP contribution >= 0.6 is 0 Å². The monoisotopic (exact) mass is 318 g/mol. The molecule has 2 amide bonds. The second-order valence-electron chi connectivity index (χ2n) is 7.16. The molecule has 0 aromatic carbocycles. The summed E-state index contributed by atoms with van der Waals surface area (Å²) < 4.78 is 0. The van der Waals surface area contributed by atoms with E-state index in [1.807, 2.05) is 18.7 Å². The highest BCUT2D eigenvalue weighted by Gasteiger charge is 2.38. The zero-order valence-corrected chi connectivity index (χ0v) is 14.2. The molecule has 2 aliphatic rings. The SMILES string of the molecule is Cc1n[nH]c(C)c1NC(=O)[C@H]1CC(=O)N(C2CCC(C)CC2)C1. The molecular formula is C17H26N4O2. The first-order chi connectivity index (χ1) is 11.0. The molecule has 1 aromatic rings. The predicted octanol–water partition coefficient (Wildman–Crippen LogP) is 2.39. The number of hydrogen-bond donors (Lipinski definition) is 2. The third-order valence-corrected chi connectivity index (χ3v) is 5.33. The Bertz CT molecular complexity index is 582. The van der Waals surface area contributed by atoms with Crippen molar-refractivity contribution in [1.29, 1.82) is 0 Å². The number of nitrogens with one attached hydrogen (secondary N) is 2. The van der Waals surface area contributed by atoms with E-state index in [1.54, 1.807) is 0 Å². The van der Waals surface area contributed by atoms with Gasteiger partial charge in [-0.1, -0.05) is 6.92 Å². The minimum atomic E-state index is -0.254. The molecule has 2 N–H and O–H groups in total. The van der Waals surface area contributed by atoms with E-state index in [0.29, 0.717) is 19.0 Å². The number of aromatic nitrogens is 2. The summed E-state index contributed by atoms with van der Waals surface area (Å²) in [4.78, 5) is 26.8. The summed E-state index contributed by atoms with van der Waals surface area (Å²) in [6.07, 6.45) is 4.83. The van der Waals surface area contributed by atoms with Crippen LogP contribution in [0.2, 0.25) is 0 Å². The van der Waals surface area contributed by atoms with Gasteiger partial charge in [0.05, 0.1) is 23.0 Å². The zero-order chi connectivity index (χ0) is 16.6. The molecule has 0 unspecified atom stereocenters. The Labute approximate surface area is 137 Å². The van der Waals surface area contributed by atoms with E-state index in [4.69, 9.17) is 0 Å². The van der Waals surface area contributed by atoms with Gasteiger partial charge in [0.15, 0.2) is 0 Å². The third kappa shape index (κ3) is 3.26. The van der Waals surface area contributed by atoms with Gasteiger partial charge in [-0.2, -0.15) is 5.10 Å². The number of likely N-dealkylation sites (tertiary alicyclic amines) is 1. The first-order valence-electron chi connectivity index (χ1n) is 8.57. The van der Waals surface area contributed by atoms with Crippen LogP contribution in [0, 0.1) is 25.7 Å². The second kappa shape index (κ2) is 6.34. The smallest absolute Gasteiger partial charge is 0.229 e. The maximum atomic E-state index is 12.5. The largest absolute Gasteiger partial charge is 0.339 e. The van der Waals surface area contributed by atoms with Gasteiger partial charge >= 0.3 is 0 Å². The number of aromatic amines is 1. The number of H-pyrrole nitrogens is 1. The van der Waals surface area contributed by atoms with Gasteiger partial charge in [0.25, 0.3) is 0 Å². The fourth-order valence-corrected chi connectivity index (χ4v) is 3.77. The lowest BCUT2D eigenvalue weighted by Gasteiger charge is -2.33. The highest BCUT2D eigenvalue weighted by Crippen LogP contribution is 2.31. The van der Waals surface area contributed by atoms with Gasteiger partial charge in [0, 0.05) is 19.0 Å². The Morgan fingerprint density at radius 1 is 1.26 bits per heavy atom. The molecule has 1 atom stereocenters. The van der Waals surface area contributed by atoms with E-state index in [9.17, 15) is 9.59 Å². The molecule has 6 heteroatoms. The van der Waals surface area contributed by atoms with Crippen LogP contribution in [0.5, 0.6) is 0 Å². The molecule has 1 aliphatic carbocycles. The summed E-state index contributed by atoms with van der Waals surface area (Å²) in [6, 6.07) is 0.328. The highest BCUT2D eigenvalue weighted by molar-refractivity contribution is 5.97. The van der Waals surface area contributed by atoms with Crippen LogP contribution < -0.4 is 5.32 Å². The van der Waals surface area contributed by atoms with Gasteiger partial charge < -0.3 is 10.2 Å². The Morgan fingerprint density at radius 3 is 2.57 bits per heavy atom. The fourth-order valence-electron chi connectivity index (χ4n) is 3.77. The lowest BCUT2D eigenvalue weighted by atomic mass is 9.87. The van der Waals surface area contributed by atoms with Crippen molar-refractivity contribution in [2.45, 2.75) is 58.9 Å². The van der Waals surface area contributed by atoms with Crippen LogP contribution in [0.1, 0.15) is 50.4 Å². The van der Waals surface area contributed by atoms with Gasteiger partial charge in [-0.25, -0.2) is 0 Å². The molecule has 6 nitrogen and oxygen atoms in total.